The van der Waals surface area contributed by atoms with Crippen LogP contribution in [0.3, 0.4) is 0 Å². The molecule has 0 saturated heterocycles. The number of fused-ring (bicyclic) bond motifs is 2. The fourth-order valence-electron chi connectivity index (χ4n) is 3.56. The first-order valence-electron chi connectivity index (χ1n) is 6.38. The molecule has 2 fully saturated rings. The molecule has 0 amide bonds. The van der Waals surface area contributed by atoms with Gasteiger partial charge in [-0.2, -0.15) is 5.10 Å². The maximum atomic E-state index is 4.35. The lowest BCUT2D eigenvalue weighted by Gasteiger charge is -2.21. The first-order valence-corrected chi connectivity index (χ1v) is 6.38. The Balaban J connectivity index is 1.67. The van der Waals surface area contributed by atoms with Gasteiger partial charge in [-0.25, -0.2) is 9.67 Å². The molecule has 1 aromatic heterocycles. The van der Waals surface area contributed by atoms with Crippen molar-refractivity contribution in [1.82, 2.24) is 20.1 Å². The summed E-state index contributed by atoms with van der Waals surface area (Å²) in [5.41, 5.74) is 0. The summed E-state index contributed by atoms with van der Waals surface area (Å²) >= 11 is 0. The second-order valence-electron chi connectivity index (χ2n) is 5.32. The normalized spacial score (nSPS) is 32.4. The maximum Gasteiger partial charge on any atom is 0.140 e. The zero-order valence-corrected chi connectivity index (χ0v) is 9.89. The van der Waals surface area contributed by atoms with Crippen LogP contribution >= 0.6 is 0 Å². The summed E-state index contributed by atoms with van der Waals surface area (Å²) < 4.78 is 2.10. The summed E-state index contributed by atoms with van der Waals surface area (Å²) in [4.78, 5) is 4.30. The van der Waals surface area contributed by atoms with E-state index in [4.69, 9.17) is 0 Å². The van der Waals surface area contributed by atoms with Gasteiger partial charge in [-0.15, -0.1) is 0 Å². The van der Waals surface area contributed by atoms with Crippen LogP contribution in [0.25, 0.3) is 0 Å². The van der Waals surface area contributed by atoms with E-state index in [1.165, 1.54) is 25.7 Å². The summed E-state index contributed by atoms with van der Waals surface area (Å²) in [7, 11) is 1.95. The van der Waals surface area contributed by atoms with Gasteiger partial charge in [-0.05, 0) is 44.1 Å². The van der Waals surface area contributed by atoms with Gasteiger partial charge < -0.3 is 5.32 Å². The third-order valence-corrected chi connectivity index (χ3v) is 4.32. The molecule has 0 aliphatic heterocycles. The Kier molecular flexibility index (Phi) is 2.67. The second kappa shape index (κ2) is 4.17. The number of rotatable bonds is 4. The second-order valence-corrected chi connectivity index (χ2v) is 5.32. The monoisotopic (exact) mass is 220 g/mol. The van der Waals surface area contributed by atoms with E-state index in [9.17, 15) is 0 Å². The molecule has 1 N–H and O–H groups in total. The van der Waals surface area contributed by atoms with Crippen molar-refractivity contribution in [3.8, 4) is 0 Å². The highest BCUT2D eigenvalue weighted by Crippen LogP contribution is 2.48. The smallest absolute Gasteiger partial charge is 0.140 e. The van der Waals surface area contributed by atoms with Crippen molar-refractivity contribution in [1.29, 1.82) is 0 Å². The summed E-state index contributed by atoms with van der Waals surface area (Å²) in [5.74, 6) is 3.92. The molecule has 16 heavy (non-hydrogen) atoms. The van der Waals surface area contributed by atoms with Gasteiger partial charge in [0.1, 0.15) is 12.2 Å². The summed E-state index contributed by atoms with van der Waals surface area (Å²) in [6, 6.07) is 0. The average molecular weight is 220 g/mol. The Labute approximate surface area is 96.4 Å². The number of hydrogen-bond acceptors (Lipinski definition) is 3. The average Bonchev–Trinajstić information content (AvgIpc) is 2.96. The van der Waals surface area contributed by atoms with E-state index in [1.54, 1.807) is 6.33 Å². The Morgan fingerprint density at radius 2 is 2.38 bits per heavy atom. The maximum absolute atomic E-state index is 4.35. The SMILES string of the molecule is CNCc1ncnn1CC1CC2CCC1C2. The zero-order valence-electron chi connectivity index (χ0n) is 9.89. The van der Waals surface area contributed by atoms with Gasteiger partial charge in [0.25, 0.3) is 0 Å². The van der Waals surface area contributed by atoms with Gasteiger partial charge in [-0.3, -0.25) is 0 Å². The fourth-order valence-corrected chi connectivity index (χ4v) is 3.56. The number of nitrogens with zero attached hydrogens (tertiary/aromatic N) is 3. The standard InChI is InChI=1S/C12H20N4/c1-13-6-12-14-8-15-16(12)7-11-5-9-2-3-10(11)4-9/h8-11,13H,2-7H2,1H3. The molecule has 1 aromatic rings. The molecule has 3 atom stereocenters. The van der Waals surface area contributed by atoms with Crippen LogP contribution in [-0.4, -0.2) is 21.8 Å². The van der Waals surface area contributed by atoms with Crippen molar-refractivity contribution >= 4 is 0 Å². The van der Waals surface area contributed by atoms with Gasteiger partial charge >= 0.3 is 0 Å². The van der Waals surface area contributed by atoms with E-state index in [1.807, 2.05) is 7.05 Å². The number of nitrogens with one attached hydrogen (secondary N) is 1. The molecule has 4 nitrogen and oxygen atoms in total. The molecule has 2 saturated carbocycles. The number of aromatic nitrogens is 3. The lowest BCUT2D eigenvalue weighted by molar-refractivity contribution is 0.281. The Morgan fingerprint density at radius 3 is 3.06 bits per heavy atom. The first-order chi connectivity index (χ1) is 7.86. The van der Waals surface area contributed by atoms with E-state index in [0.29, 0.717) is 0 Å². The highest BCUT2D eigenvalue weighted by atomic mass is 15.3. The lowest BCUT2D eigenvalue weighted by atomic mass is 9.89. The van der Waals surface area contributed by atoms with E-state index < -0.39 is 0 Å². The topological polar surface area (TPSA) is 42.7 Å². The molecule has 4 heteroatoms. The minimum Gasteiger partial charge on any atom is -0.313 e. The van der Waals surface area contributed by atoms with Crippen molar-refractivity contribution < 1.29 is 0 Å². The van der Waals surface area contributed by atoms with Crippen molar-refractivity contribution in [3.63, 3.8) is 0 Å². The van der Waals surface area contributed by atoms with E-state index in [0.717, 1.165) is 36.7 Å². The largest absolute Gasteiger partial charge is 0.313 e. The lowest BCUT2D eigenvalue weighted by Crippen LogP contribution is -2.21. The van der Waals surface area contributed by atoms with Crippen molar-refractivity contribution in [2.45, 2.75) is 38.8 Å². The van der Waals surface area contributed by atoms with Gasteiger partial charge in [0.2, 0.25) is 0 Å². The molecule has 2 aliphatic carbocycles. The van der Waals surface area contributed by atoms with Crippen LogP contribution in [0.4, 0.5) is 0 Å². The van der Waals surface area contributed by atoms with Crippen LogP contribution in [0.2, 0.25) is 0 Å². The Hall–Kier alpha value is -0.900. The minimum atomic E-state index is 0.820. The summed E-state index contributed by atoms with van der Waals surface area (Å²) in [6.45, 7) is 1.90. The summed E-state index contributed by atoms with van der Waals surface area (Å²) in [6.07, 6.45) is 7.50. The predicted octanol–water partition coefficient (Wildman–Crippen LogP) is 1.43. The fraction of sp³-hybridized carbons (Fsp3) is 0.833. The van der Waals surface area contributed by atoms with E-state index >= 15 is 0 Å². The first kappa shape index (κ1) is 10.3. The minimum absolute atomic E-state index is 0.820. The van der Waals surface area contributed by atoms with E-state index in [-0.39, 0.29) is 0 Å². The van der Waals surface area contributed by atoms with Crippen molar-refractivity contribution in [2.75, 3.05) is 7.05 Å². The molecule has 88 valence electrons. The highest BCUT2D eigenvalue weighted by molar-refractivity contribution is 4.92. The van der Waals surface area contributed by atoms with Crippen LogP contribution < -0.4 is 5.32 Å². The molecule has 2 bridgehead atoms. The van der Waals surface area contributed by atoms with Gasteiger partial charge in [-0.1, -0.05) is 6.42 Å². The third-order valence-electron chi connectivity index (χ3n) is 4.32. The third kappa shape index (κ3) is 1.75. The highest BCUT2D eigenvalue weighted by Gasteiger charge is 2.39. The molecule has 1 heterocycles. The molecule has 3 rings (SSSR count). The molecule has 3 unspecified atom stereocenters. The van der Waals surface area contributed by atoms with Gasteiger partial charge in [0, 0.05) is 6.54 Å². The van der Waals surface area contributed by atoms with Gasteiger partial charge in [0.15, 0.2) is 0 Å². The molecule has 0 spiro atoms. The molecule has 0 aromatic carbocycles. The molecular formula is C12H20N4. The van der Waals surface area contributed by atoms with Crippen LogP contribution in [0.5, 0.6) is 0 Å². The van der Waals surface area contributed by atoms with Crippen molar-refractivity contribution in [2.24, 2.45) is 17.8 Å². The quantitative estimate of drug-likeness (QED) is 0.834. The molecular weight excluding hydrogens is 200 g/mol. The van der Waals surface area contributed by atoms with Gasteiger partial charge in [0.05, 0.1) is 6.54 Å². The molecule has 0 radical (unpaired) electrons. The van der Waals surface area contributed by atoms with E-state index in [2.05, 4.69) is 20.1 Å². The van der Waals surface area contributed by atoms with Crippen LogP contribution in [0, 0.1) is 17.8 Å². The zero-order chi connectivity index (χ0) is 11.0. The van der Waals surface area contributed by atoms with Crippen LogP contribution in [0.1, 0.15) is 31.5 Å². The van der Waals surface area contributed by atoms with Crippen molar-refractivity contribution in [3.05, 3.63) is 12.2 Å². The predicted molar refractivity (Wildman–Crippen MR) is 61.7 cm³/mol. The van der Waals surface area contributed by atoms with Crippen LogP contribution in [-0.2, 0) is 13.1 Å². The number of hydrogen-bond donors (Lipinski definition) is 1. The molecule has 2 aliphatic rings. The summed E-state index contributed by atoms with van der Waals surface area (Å²) in [5, 5.41) is 7.49. The Bertz CT molecular complexity index is 360. The van der Waals surface area contributed by atoms with Crippen LogP contribution in [0.15, 0.2) is 6.33 Å². The Morgan fingerprint density at radius 1 is 1.44 bits per heavy atom.